The predicted octanol–water partition coefficient (Wildman–Crippen LogP) is -2.13. The van der Waals surface area contributed by atoms with E-state index in [1.165, 1.54) is 25.3 Å². The minimum atomic E-state index is 0. The Bertz CT molecular complexity index is 225. The third-order valence-corrected chi connectivity index (χ3v) is 3.34. The van der Waals surface area contributed by atoms with E-state index in [9.17, 15) is 9.90 Å². The molecule has 2 bridgehead atoms. The molecule has 13 heavy (non-hydrogen) atoms. The summed E-state index contributed by atoms with van der Waals surface area (Å²) in [6.07, 6.45) is 6.58. The van der Waals surface area contributed by atoms with Crippen LogP contribution in [0.2, 0.25) is 0 Å². The quantitative estimate of drug-likeness (QED) is 0.282. The molecule has 2 fully saturated rings. The van der Waals surface area contributed by atoms with Crippen molar-refractivity contribution in [1.29, 1.82) is 0 Å². The van der Waals surface area contributed by atoms with Gasteiger partial charge in [-0.2, -0.15) is 0 Å². The van der Waals surface area contributed by atoms with Crippen LogP contribution < -0.4 is 34.7 Å². The van der Waals surface area contributed by atoms with E-state index in [1.54, 1.807) is 0 Å². The van der Waals surface area contributed by atoms with Crippen molar-refractivity contribution in [2.24, 2.45) is 17.8 Å². The van der Waals surface area contributed by atoms with Crippen molar-refractivity contribution in [3.8, 4) is 0 Å². The summed E-state index contributed by atoms with van der Waals surface area (Å²) >= 11 is 0. The molecule has 2 aliphatic carbocycles. The van der Waals surface area contributed by atoms with Crippen LogP contribution >= 0.6 is 0 Å². The number of hydrogen-bond acceptors (Lipinski definition) is 2. The van der Waals surface area contributed by atoms with Crippen molar-refractivity contribution in [3.05, 3.63) is 12.3 Å². The van der Waals surface area contributed by atoms with E-state index >= 15 is 0 Å². The molecule has 3 heteroatoms. The van der Waals surface area contributed by atoms with Crippen LogP contribution in [0.4, 0.5) is 0 Å². The topological polar surface area (TPSA) is 40.1 Å². The molecule has 2 saturated carbocycles. The molecular weight excluding hydrogens is 175 g/mol. The van der Waals surface area contributed by atoms with E-state index in [-0.39, 0.29) is 41.3 Å². The van der Waals surface area contributed by atoms with Crippen LogP contribution in [0.25, 0.3) is 0 Å². The largest absolute Gasteiger partial charge is 1.00 e. The second kappa shape index (κ2) is 4.63. The van der Waals surface area contributed by atoms with Gasteiger partial charge in [0.05, 0.1) is 0 Å². The summed E-state index contributed by atoms with van der Waals surface area (Å²) in [5.41, 5.74) is 0. The molecule has 0 aromatic heterocycles. The molecule has 0 saturated heterocycles. The fraction of sp³-hybridized carbons (Fsp3) is 0.700. The number of carbonyl (C=O) groups excluding carboxylic acids is 1. The summed E-state index contributed by atoms with van der Waals surface area (Å²) in [4.78, 5) is 11.3. The second-order valence-corrected chi connectivity index (χ2v) is 3.99. The first kappa shape index (κ1) is 11.3. The van der Waals surface area contributed by atoms with Crippen molar-refractivity contribution in [1.82, 2.24) is 0 Å². The van der Waals surface area contributed by atoms with Gasteiger partial charge in [0.25, 0.3) is 0 Å². The Morgan fingerprint density at radius 3 is 2.54 bits per heavy atom. The van der Waals surface area contributed by atoms with Gasteiger partial charge in [-0.15, -0.1) is 6.26 Å². The molecule has 0 heterocycles. The average Bonchev–Trinajstić information content (AvgIpc) is 2.64. The predicted molar refractivity (Wildman–Crippen MR) is 43.1 cm³/mol. The van der Waals surface area contributed by atoms with E-state index in [4.69, 9.17) is 0 Å². The number of fused-ring (bicyclic) bond motifs is 2. The van der Waals surface area contributed by atoms with E-state index in [1.807, 2.05) is 0 Å². The first-order chi connectivity index (χ1) is 5.81. The van der Waals surface area contributed by atoms with Crippen LogP contribution in [-0.2, 0) is 4.79 Å². The van der Waals surface area contributed by atoms with Crippen LogP contribution in [0, 0.1) is 17.8 Å². The minimum absolute atomic E-state index is 0. The summed E-state index contributed by atoms with van der Waals surface area (Å²) in [6.45, 7) is 0. The van der Waals surface area contributed by atoms with Crippen molar-refractivity contribution in [2.75, 3.05) is 0 Å². The molecule has 0 amide bonds. The van der Waals surface area contributed by atoms with Crippen LogP contribution in [0.5, 0.6) is 0 Å². The molecule has 0 aromatic rings. The SMILES string of the molecule is O=C(/C=C/[O-])C1CC2CCC1C2.[Na+]. The summed E-state index contributed by atoms with van der Waals surface area (Å²) in [5, 5.41) is 10.1. The van der Waals surface area contributed by atoms with Crippen molar-refractivity contribution in [3.63, 3.8) is 0 Å². The van der Waals surface area contributed by atoms with Crippen LogP contribution in [0.3, 0.4) is 0 Å². The number of allylic oxidation sites excluding steroid dienone is 1. The molecular formula is C10H13NaO2. The molecule has 3 atom stereocenters. The van der Waals surface area contributed by atoms with Gasteiger partial charge in [0.1, 0.15) is 0 Å². The zero-order valence-electron chi connectivity index (χ0n) is 8.03. The van der Waals surface area contributed by atoms with E-state index in [2.05, 4.69) is 0 Å². The molecule has 0 N–H and O–H groups in total. The first-order valence-electron chi connectivity index (χ1n) is 4.63. The van der Waals surface area contributed by atoms with Gasteiger partial charge in [-0.05, 0) is 37.2 Å². The van der Waals surface area contributed by atoms with Crippen molar-refractivity contribution >= 4 is 5.78 Å². The minimum Gasteiger partial charge on any atom is -0.878 e. The normalized spacial score (nSPS) is 36.5. The molecule has 2 rings (SSSR count). The van der Waals surface area contributed by atoms with Crippen molar-refractivity contribution in [2.45, 2.75) is 25.7 Å². The number of hydrogen-bond donors (Lipinski definition) is 0. The van der Waals surface area contributed by atoms with E-state index in [0.29, 0.717) is 12.2 Å². The Hall–Kier alpha value is 0.210. The van der Waals surface area contributed by atoms with Gasteiger partial charge in [-0.1, -0.05) is 6.42 Å². The molecule has 3 unspecified atom stereocenters. The Labute approximate surface area is 101 Å². The Balaban J connectivity index is 0.000000845. The molecule has 2 nitrogen and oxygen atoms in total. The van der Waals surface area contributed by atoms with E-state index in [0.717, 1.165) is 12.3 Å². The zero-order chi connectivity index (χ0) is 8.55. The number of carbonyl (C=O) groups is 1. The fourth-order valence-corrected chi connectivity index (χ4v) is 2.78. The fourth-order valence-electron chi connectivity index (χ4n) is 2.78. The van der Waals surface area contributed by atoms with Crippen LogP contribution in [-0.4, -0.2) is 5.78 Å². The summed E-state index contributed by atoms with van der Waals surface area (Å²) in [7, 11) is 0. The van der Waals surface area contributed by atoms with E-state index < -0.39 is 0 Å². The van der Waals surface area contributed by atoms with Gasteiger partial charge < -0.3 is 5.11 Å². The van der Waals surface area contributed by atoms with Gasteiger partial charge in [-0.25, -0.2) is 0 Å². The molecule has 66 valence electrons. The molecule has 0 aliphatic heterocycles. The maximum absolute atomic E-state index is 11.3. The standard InChI is InChI=1S/C10H14O2.Na/c11-4-3-10(12)9-6-7-1-2-8(9)5-7;/h3-4,7-9,11H,1-2,5-6H2;/q;+1/p-1/b4-3+;. The Morgan fingerprint density at radius 1 is 1.31 bits per heavy atom. The van der Waals surface area contributed by atoms with Crippen molar-refractivity contribution < 1.29 is 39.5 Å². The maximum atomic E-state index is 11.3. The summed E-state index contributed by atoms with van der Waals surface area (Å²) in [5.74, 6) is 1.63. The van der Waals surface area contributed by atoms with Gasteiger partial charge in [-0.3, -0.25) is 4.79 Å². The molecule has 0 radical (unpaired) electrons. The molecule has 0 aromatic carbocycles. The van der Waals surface area contributed by atoms with Crippen LogP contribution in [0.15, 0.2) is 12.3 Å². The smallest absolute Gasteiger partial charge is 0.878 e. The average molecular weight is 188 g/mol. The third-order valence-electron chi connectivity index (χ3n) is 3.34. The van der Waals surface area contributed by atoms with Gasteiger partial charge in [0.2, 0.25) is 0 Å². The summed E-state index contributed by atoms with van der Waals surface area (Å²) in [6, 6.07) is 0. The van der Waals surface area contributed by atoms with Gasteiger partial charge >= 0.3 is 29.6 Å². The monoisotopic (exact) mass is 188 g/mol. The Morgan fingerprint density at radius 2 is 2.08 bits per heavy atom. The molecule has 0 spiro atoms. The van der Waals surface area contributed by atoms with Crippen LogP contribution in [0.1, 0.15) is 25.7 Å². The second-order valence-electron chi connectivity index (χ2n) is 3.99. The maximum Gasteiger partial charge on any atom is 1.00 e. The number of rotatable bonds is 2. The third kappa shape index (κ3) is 2.17. The summed E-state index contributed by atoms with van der Waals surface area (Å²) < 4.78 is 0. The Kier molecular flexibility index (Phi) is 4.02. The molecule has 2 aliphatic rings. The first-order valence-corrected chi connectivity index (χ1v) is 4.63. The van der Waals surface area contributed by atoms with Gasteiger partial charge in [0.15, 0.2) is 5.78 Å². The van der Waals surface area contributed by atoms with Gasteiger partial charge in [0, 0.05) is 5.92 Å². The number of ketones is 1. The zero-order valence-corrected chi connectivity index (χ0v) is 10.0.